The Morgan fingerprint density at radius 3 is 3.19 bits per heavy atom. The van der Waals surface area contributed by atoms with Gasteiger partial charge in [0.25, 0.3) is 0 Å². The summed E-state index contributed by atoms with van der Waals surface area (Å²) in [5, 5.41) is 5.47. The maximum atomic E-state index is 11.8. The predicted molar refractivity (Wildman–Crippen MR) is 71.4 cm³/mol. The van der Waals surface area contributed by atoms with Crippen molar-refractivity contribution in [3.63, 3.8) is 0 Å². The van der Waals surface area contributed by atoms with E-state index in [0.29, 0.717) is 24.7 Å². The molecule has 88 valence electrons. The zero-order chi connectivity index (χ0) is 11.2. The molecule has 2 heterocycles. The summed E-state index contributed by atoms with van der Waals surface area (Å²) in [4.78, 5) is 13.1. The van der Waals surface area contributed by atoms with E-state index in [-0.39, 0.29) is 0 Å². The topological polar surface area (TPSA) is 29.1 Å². The van der Waals surface area contributed by atoms with Gasteiger partial charge in [-0.1, -0.05) is 6.07 Å². The van der Waals surface area contributed by atoms with Gasteiger partial charge in [0.2, 0.25) is 0 Å². The van der Waals surface area contributed by atoms with E-state index in [0.717, 1.165) is 18.7 Å². The van der Waals surface area contributed by atoms with Crippen LogP contribution in [0.3, 0.4) is 0 Å². The van der Waals surface area contributed by atoms with Crippen LogP contribution in [-0.4, -0.2) is 29.9 Å². The van der Waals surface area contributed by atoms with Crippen LogP contribution in [0.15, 0.2) is 17.5 Å². The molecule has 0 bridgehead atoms. The number of rotatable bonds is 5. The first-order chi connectivity index (χ1) is 7.84. The van der Waals surface area contributed by atoms with Crippen LogP contribution in [0.4, 0.5) is 0 Å². The normalized spacial score (nSPS) is 20.9. The Bertz CT molecular complexity index is 318. The van der Waals surface area contributed by atoms with Gasteiger partial charge < -0.3 is 5.32 Å². The van der Waals surface area contributed by atoms with E-state index in [2.05, 4.69) is 16.8 Å². The fraction of sp³-hybridized carbons (Fsp3) is 0.583. The van der Waals surface area contributed by atoms with Crippen molar-refractivity contribution in [3.8, 4) is 0 Å². The SMILES string of the molecule is O=C(CCc1cccs1)CC1CSCCN1. The molecule has 1 fully saturated rings. The number of nitrogens with one attached hydrogen (secondary N) is 1. The Balaban J connectivity index is 1.67. The highest BCUT2D eigenvalue weighted by Crippen LogP contribution is 2.14. The Morgan fingerprint density at radius 2 is 2.50 bits per heavy atom. The third kappa shape index (κ3) is 3.92. The Labute approximate surface area is 105 Å². The van der Waals surface area contributed by atoms with Gasteiger partial charge in [0.05, 0.1) is 0 Å². The molecule has 2 nitrogen and oxygen atoms in total. The lowest BCUT2D eigenvalue weighted by atomic mass is 10.1. The predicted octanol–water partition coefficient (Wildman–Crippen LogP) is 2.34. The molecule has 1 unspecified atom stereocenters. The van der Waals surface area contributed by atoms with E-state index in [9.17, 15) is 4.79 Å². The summed E-state index contributed by atoms with van der Waals surface area (Å²) >= 11 is 3.69. The van der Waals surface area contributed by atoms with E-state index in [4.69, 9.17) is 0 Å². The second-order valence-electron chi connectivity index (χ2n) is 4.05. The molecule has 1 aromatic rings. The molecular formula is C12H17NOS2. The van der Waals surface area contributed by atoms with Gasteiger partial charge >= 0.3 is 0 Å². The molecule has 0 amide bonds. The summed E-state index contributed by atoms with van der Waals surface area (Å²) in [5.41, 5.74) is 0. The van der Waals surface area contributed by atoms with Crippen LogP contribution in [-0.2, 0) is 11.2 Å². The highest BCUT2D eigenvalue weighted by atomic mass is 32.2. The molecule has 16 heavy (non-hydrogen) atoms. The average molecular weight is 255 g/mol. The molecule has 0 spiro atoms. The monoisotopic (exact) mass is 255 g/mol. The van der Waals surface area contributed by atoms with Gasteiger partial charge in [-0.3, -0.25) is 4.79 Å². The summed E-state index contributed by atoms with van der Waals surface area (Å²) < 4.78 is 0. The van der Waals surface area contributed by atoms with E-state index < -0.39 is 0 Å². The maximum Gasteiger partial charge on any atom is 0.134 e. The first-order valence-corrected chi connectivity index (χ1v) is 7.73. The molecule has 0 aliphatic carbocycles. The molecule has 1 atom stereocenters. The number of carbonyl (C=O) groups is 1. The second kappa shape index (κ2) is 6.42. The molecule has 0 saturated carbocycles. The van der Waals surface area contributed by atoms with Crippen LogP contribution in [0.25, 0.3) is 0 Å². The standard InChI is InChI=1S/C12H17NOS2/c14-11(3-4-12-2-1-6-16-12)8-10-9-15-7-5-13-10/h1-2,6,10,13H,3-5,7-9H2. The zero-order valence-electron chi connectivity index (χ0n) is 9.28. The first-order valence-electron chi connectivity index (χ1n) is 5.70. The van der Waals surface area contributed by atoms with E-state index in [1.165, 1.54) is 10.6 Å². The molecule has 1 saturated heterocycles. The van der Waals surface area contributed by atoms with Gasteiger partial charge in [0.15, 0.2) is 0 Å². The second-order valence-corrected chi connectivity index (χ2v) is 6.23. The molecule has 1 aromatic heterocycles. The summed E-state index contributed by atoms with van der Waals surface area (Å²) in [7, 11) is 0. The van der Waals surface area contributed by atoms with Crippen molar-refractivity contribution in [2.45, 2.75) is 25.3 Å². The number of aryl methyl sites for hydroxylation is 1. The van der Waals surface area contributed by atoms with Crippen molar-refractivity contribution in [1.29, 1.82) is 0 Å². The lowest BCUT2D eigenvalue weighted by Crippen LogP contribution is -2.38. The molecule has 0 aromatic carbocycles. The number of Topliss-reactive ketones (excluding diaryl/α,β-unsaturated/α-hetero) is 1. The number of thiophene rings is 1. The first kappa shape index (κ1) is 12.1. The van der Waals surface area contributed by atoms with Gasteiger partial charge in [-0.25, -0.2) is 0 Å². The van der Waals surface area contributed by atoms with Crippen molar-refractivity contribution >= 4 is 28.9 Å². The van der Waals surface area contributed by atoms with Crippen molar-refractivity contribution in [1.82, 2.24) is 5.32 Å². The maximum absolute atomic E-state index is 11.8. The molecule has 4 heteroatoms. The van der Waals surface area contributed by atoms with Crippen LogP contribution < -0.4 is 5.32 Å². The van der Waals surface area contributed by atoms with Crippen molar-refractivity contribution < 1.29 is 4.79 Å². The molecule has 2 rings (SSSR count). The third-order valence-corrected chi connectivity index (χ3v) is 4.77. The quantitative estimate of drug-likeness (QED) is 0.875. The smallest absolute Gasteiger partial charge is 0.134 e. The molecule has 0 radical (unpaired) electrons. The minimum atomic E-state index is 0.397. The number of ketones is 1. The van der Waals surface area contributed by atoms with Crippen molar-refractivity contribution in [3.05, 3.63) is 22.4 Å². The van der Waals surface area contributed by atoms with E-state index in [1.54, 1.807) is 11.3 Å². The van der Waals surface area contributed by atoms with Crippen LogP contribution in [0.2, 0.25) is 0 Å². The number of hydrogen-bond acceptors (Lipinski definition) is 4. The number of carbonyl (C=O) groups excluding carboxylic acids is 1. The van der Waals surface area contributed by atoms with E-state index in [1.807, 2.05) is 17.8 Å². The fourth-order valence-corrected chi connectivity index (χ4v) is 3.50. The third-order valence-electron chi connectivity index (χ3n) is 2.70. The minimum absolute atomic E-state index is 0.397. The Morgan fingerprint density at radius 1 is 1.56 bits per heavy atom. The average Bonchev–Trinajstić information content (AvgIpc) is 2.81. The highest BCUT2D eigenvalue weighted by Gasteiger charge is 2.16. The van der Waals surface area contributed by atoms with Crippen LogP contribution in [0.5, 0.6) is 0 Å². The molecule has 1 aliphatic heterocycles. The summed E-state index contributed by atoms with van der Waals surface area (Å²) in [6.45, 7) is 1.05. The van der Waals surface area contributed by atoms with Gasteiger partial charge in [-0.15, -0.1) is 11.3 Å². The summed E-state index contributed by atoms with van der Waals surface area (Å²) in [6.07, 6.45) is 2.32. The minimum Gasteiger partial charge on any atom is -0.312 e. The lowest BCUT2D eigenvalue weighted by molar-refractivity contribution is -0.119. The zero-order valence-corrected chi connectivity index (χ0v) is 10.9. The number of thioether (sulfide) groups is 1. The van der Waals surface area contributed by atoms with E-state index >= 15 is 0 Å². The van der Waals surface area contributed by atoms with Gasteiger partial charge in [0, 0.05) is 41.8 Å². The lowest BCUT2D eigenvalue weighted by Gasteiger charge is -2.22. The van der Waals surface area contributed by atoms with Crippen LogP contribution in [0, 0.1) is 0 Å². The van der Waals surface area contributed by atoms with Crippen LogP contribution >= 0.6 is 23.1 Å². The van der Waals surface area contributed by atoms with Crippen molar-refractivity contribution in [2.24, 2.45) is 0 Å². The Hall–Kier alpha value is -0.320. The fourth-order valence-electron chi connectivity index (χ4n) is 1.85. The number of hydrogen-bond donors (Lipinski definition) is 1. The van der Waals surface area contributed by atoms with Gasteiger partial charge in [-0.05, 0) is 17.9 Å². The molecule has 1 N–H and O–H groups in total. The highest BCUT2D eigenvalue weighted by molar-refractivity contribution is 7.99. The van der Waals surface area contributed by atoms with Gasteiger partial charge in [-0.2, -0.15) is 11.8 Å². The van der Waals surface area contributed by atoms with Gasteiger partial charge in [0.1, 0.15) is 5.78 Å². The molecule has 1 aliphatic rings. The summed E-state index contributed by atoms with van der Waals surface area (Å²) in [6, 6.07) is 4.56. The summed E-state index contributed by atoms with van der Waals surface area (Å²) in [5.74, 6) is 2.67. The van der Waals surface area contributed by atoms with Crippen molar-refractivity contribution in [2.75, 3.05) is 18.1 Å². The van der Waals surface area contributed by atoms with Crippen LogP contribution in [0.1, 0.15) is 17.7 Å². The largest absolute Gasteiger partial charge is 0.312 e. The Kier molecular flexibility index (Phi) is 4.88. The molecular weight excluding hydrogens is 238 g/mol.